The summed E-state index contributed by atoms with van der Waals surface area (Å²) in [6.07, 6.45) is 0. The summed E-state index contributed by atoms with van der Waals surface area (Å²) in [6.45, 7) is -0.267. The van der Waals surface area contributed by atoms with Gasteiger partial charge in [0.25, 0.3) is 10.0 Å². The molecule has 0 unspecified atom stereocenters. The normalized spacial score (nSPS) is 11.3. The van der Waals surface area contributed by atoms with Crippen molar-refractivity contribution in [1.29, 1.82) is 0 Å². The number of para-hydroxylation sites is 1. The van der Waals surface area contributed by atoms with Gasteiger partial charge in [-0.25, -0.2) is 8.42 Å². The minimum Gasteiger partial charge on any atom is -0.394 e. The number of hydrogen-bond acceptors (Lipinski definition) is 3. The predicted molar refractivity (Wildman–Crippen MR) is 79.5 cm³/mol. The maximum atomic E-state index is 12.6. The second-order valence-electron chi connectivity index (χ2n) is 4.09. The van der Waals surface area contributed by atoms with Crippen molar-refractivity contribution in [3.05, 3.63) is 59.6 Å². The second kappa shape index (κ2) is 6.26. The molecule has 0 aromatic heterocycles. The number of halogens is 1. The van der Waals surface area contributed by atoms with Gasteiger partial charge in [0, 0.05) is 5.02 Å². The van der Waals surface area contributed by atoms with E-state index in [2.05, 4.69) is 0 Å². The largest absolute Gasteiger partial charge is 0.394 e. The summed E-state index contributed by atoms with van der Waals surface area (Å²) in [6, 6.07) is 14.6. The average molecular weight is 312 g/mol. The van der Waals surface area contributed by atoms with Gasteiger partial charge in [-0.1, -0.05) is 29.8 Å². The summed E-state index contributed by atoms with van der Waals surface area (Å²) in [5.41, 5.74) is 0.511. The number of rotatable bonds is 5. The number of anilines is 1. The van der Waals surface area contributed by atoms with Crippen LogP contribution in [-0.4, -0.2) is 26.7 Å². The van der Waals surface area contributed by atoms with Crippen molar-refractivity contribution >= 4 is 27.3 Å². The fourth-order valence-corrected chi connectivity index (χ4v) is 3.39. The van der Waals surface area contributed by atoms with Crippen LogP contribution in [0.15, 0.2) is 59.5 Å². The van der Waals surface area contributed by atoms with Crippen LogP contribution >= 0.6 is 11.6 Å². The van der Waals surface area contributed by atoms with Crippen LogP contribution in [0.4, 0.5) is 5.69 Å². The SMILES string of the molecule is O=S(=O)(c1ccc(Cl)cc1)N(CCO)c1ccccc1. The average Bonchev–Trinajstić information content (AvgIpc) is 2.46. The summed E-state index contributed by atoms with van der Waals surface area (Å²) in [4.78, 5) is 0.138. The number of nitrogens with zero attached hydrogens (tertiary/aromatic N) is 1. The molecule has 0 aliphatic heterocycles. The number of sulfonamides is 1. The molecule has 20 heavy (non-hydrogen) atoms. The first-order valence-electron chi connectivity index (χ1n) is 6.00. The van der Waals surface area contributed by atoms with Crippen molar-refractivity contribution in [2.75, 3.05) is 17.5 Å². The highest BCUT2D eigenvalue weighted by molar-refractivity contribution is 7.92. The Hall–Kier alpha value is -1.56. The Morgan fingerprint density at radius 2 is 1.60 bits per heavy atom. The van der Waals surface area contributed by atoms with Crippen LogP contribution in [-0.2, 0) is 10.0 Å². The van der Waals surface area contributed by atoms with Gasteiger partial charge in [0.1, 0.15) is 0 Å². The third kappa shape index (κ3) is 3.12. The van der Waals surface area contributed by atoms with E-state index < -0.39 is 10.0 Å². The van der Waals surface area contributed by atoms with Gasteiger partial charge in [-0.3, -0.25) is 4.31 Å². The van der Waals surface area contributed by atoms with Crippen molar-refractivity contribution in [3.8, 4) is 0 Å². The molecule has 0 heterocycles. The number of aliphatic hydroxyl groups is 1. The molecule has 0 atom stereocenters. The first-order valence-corrected chi connectivity index (χ1v) is 7.82. The van der Waals surface area contributed by atoms with Gasteiger partial charge in [-0.05, 0) is 36.4 Å². The number of aliphatic hydroxyl groups excluding tert-OH is 1. The summed E-state index contributed by atoms with van der Waals surface area (Å²) in [5, 5.41) is 9.59. The highest BCUT2D eigenvalue weighted by atomic mass is 35.5. The summed E-state index contributed by atoms with van der Waals surface area (Å²) >= 11 is 5.77. The molecule has 2 aromatic carbocycles. The van der Waals surface area contributed by atoms with E-state index in [0.29, 0.717) is 10.7 Å². The molecule has 4 nitrogen and oxygen atoms in total. The van der Waals surface area contributed by atoms with Crippen molar-refractivity contribution in [2.45, 2.75) is 4.90 Å². The quantitative estimate of drug-likeness (QED) is 0.923. The van der Waals surface area contributed by atoms with Gasteiger partial charge in [0.05, 0.1) is 23.7 Å². The molecule has 6 heteroatoms. The molecule has 2 aromatic rings. The second-order valence-corrected chi connectivity index (χ2v) is 6.39. The Bertz CT molecular complexity index is 657. The smallest absolute Gasteiger partial charge is 0.264 e. The monoisotopic (exact) mass is 311 g/mol. The first kappa shape index (κ1) is 14.8. The number of benzene rings is 2. The minimum atomic E-state index is -3.72. The molecule has 0 bridgehead atoms. The van der Waals surface area contributed by atoms with E-state index in [9.17, 15) is 8.42 Å². The minimum absolute atomic E-state index is 0.00499. The van der Waals surface area contributed by atoms with Crippen LogP contribution in [0.1, 0.15) is 0 Å². The van der Waals surface area contributed by atoms with Crippen LogP contribution < -0.4 is 4.31 Å². The zero-order chi connectivity index (χ0) is 14.6. The van der Waals surface area contributed by atoms with Gasteiger partial charge in [0.2, 0.25) is 0 Å². The van der Waals surface area contributed by atoms with Gasteiger partial charge in [0.15, 0.2) is 0 Å². The van der Waals surface area contributed by atoms with Gasteiger partial charge in [-0.15, -0.1) is 0 Å². The fraction of sp³-hybridized carbons (Fsp3) is 0.143. The van der Waals surface area contributed by atoms with Gasteiger partial charge in [-0.2, -0.15) is 0 Å². The molecule has 0 aliphatic rings. The van der Waals surface area contributed by atoms with Crippen LogP contribution in [0, 0.1) is 0 Å². The van der Waals surface area contributed by atoms with E-state index >= 15 is 0 Å². The van der Waals surface area contributed by atoms with Crippen LogP contribution in [0.3, 0.4) is 0 Å². The van der Waals surface area contributed by atoms with Crippen LogP contribution in [0.25, 0.3) is 0 Å². The number of hydrogen-bond donors (Lipinski definition) is 1. The maximum Gasteiger partial charge on any atom is 0.264 e. The van der Waals surface area contributed by atoms with E-state index in [1.165, 1.54) is 28.6 Å². The lowest BCUT2D eigenvalue weighted by Crippen LogP contribution is -2.33. The summed E-state index contributed by atoms with van der Waals surface area (Å²) in [5.74, 6) is 0. The molecule has 0 radical (unpaired) electrons. The lowest BCUT2D eigenvalue weighted by Gasteiger charge is -2.23. The predicted octanol–water partition coefficient (Wildman–Crippen LogP) is 2.53. The molecule has 106 valence electrons. The van der Waals surface area contributed by atoms with Crippen LogP contribution in [0.5, 0.6) is 0 Å². The Kier molecular flexibility index (Phi) is 4.65. The maximum absolute atomic E-state index is 12.6. The van der Waals surface area contributed by atoms with Crippen LogP contribution in [0.2, 0.25) is 5.02 Å². The fourth-order valence-electron chi connectivity index (χ4n) is 1.81. The molecular formula is C14H14ClNO3S. The van der Waals surface area contributed by atoms with Gasteiger partial charge < -0.3 is 5.11 Å². The Morgan fingerprint density at radius 3 is 2.15 bits per heavy atom. The third-order valence-corrected chi connectivity index (χ3v) is 4.84. The molecule has 0 fully saturated rings. The zero-order valence-electron chi connectivity index (χ0n) is 10.6. The molecular weight excluding hydrogens is 298 g/mol. The molecule has 0 saturated carbocycles. The Morgan fingerprint density at radius 1 is 1.00 bits per heavy atom. The van der Waals surface area contributed by atoms with E-state index in [-0.39, 0.29) is 18.0 Å². The van der Waals surface area contributed by atoms with E-state index in [4.69, 9.17) is 16.7 Å². The molecule has 0 saturated heterocycles. The van der Waals surface area contributed by atoms with E-state index in [0.717, 1.165) is 0 Å². The lowest BCUT2D eigenvalue weighted by molar-refractivity contribution is 0.306. The van der Waals surface area contributed by atoms with Crippen molar-refractivity contribution in [2.24, 2.45) is 0 Å². The molecule has 0 spiro atoms. The summed E-state index contributed by atoms with van der Waals surface area (Å²) < 4.78 is 26.4. The lowest BCUT2D eigenvalue weighted by atomic mass is 10.3. The third-order valence-electron chi connectivity index (χ3n) is 2.75. The van der Waals surface area contributed by atoms with Gasteiger partial charge >= 0.3 is 0 Å². The van der Waals surface area contributed by atoms with Crippen molar-refractivity contribution in [3.63, 3.8) is 0 Å². The standard InChI is InChI=1S/C14H14ClNO3S/c15-12-6-8-14(9-7-12)20(18,19)16(10-11-17)13-4-2-1-3-5-13/h1-9,17H,10-11H2. The molecule has 0 amide bonds. The highest BCUT2D eigenvalue weighted by Crippen LogP contribution is 2.24. The highest BCUT2D eigenvalue weighted by Gasteiger charge is 2.24. The zero-order valence-corrected chi connectivity index (χ0v) is 12.2. The van der Waals surface area contributed by atoms with E-state index in [1.807, 2.05) is 0 Å². The Balaban J connectivity index is 2.45. The first-order chi connectivity index (χ1) is 9.55. The Labute approximate surface area is 123 Å². The van der Waals surface area contributed by atoms with Crippen molar-refractivity contribution < 1.29 is 13.5 Å². The summed E-state index contributed by atoms with van der Waals surface area (Å²) in [7, 11) is -3.72. The molecule has 2 rings (SSSR count). The molecule has 0 aliphatic carbocycles. The van der Waals surface area contributed by atoms with E-state index in [1.54, 1.807) is 30.3 Å². The van der Waals surface area contributed by atoms with Crippen molar-refractivity contribution in [1.82, 2.24) is 0 Å². The topological polar surface area (TPSA) is 57.6 Å². The molecule has 1 N–H and O–H groups in total.